The molecule has 18 heteroatoms. The first-order valence-electron chi connectivity index (χ1n) is 25.2. The summed E-state index contributed by atoms with van der Waals surface area (Å²) >= 11 is 3.33. The number of thiazole rings is 2. The normalized spacial score (nSPS) is 15.1. The number of piperidine rings is 1. The van der Waals surface area contributed by atoms with Gasteiger partial charge in [-0.15, -0.1) is 22.7 Å². The van der Waals surface area contributed by atoms with Crippen LogP contribution in [0.4, 0.5) is 16.4 Å². The van der Waals surface area contributed by atoms with Crippen molar-refractivity contribution in [3.63, 3.8) is 0 Å². The topological polar surface area (TPSA) is 179 Å². The number of amides is 1. The number of hydrogen-bond acceptors (Lipinski definition) is 15. The lowest BCUT2D eigenvalue weighted by Crippen LogP contribution is -2.47. The quantitative estimate of drug-likeness (QED) is 0.0994. The minimum Gasteiger partial charge on any atom is -0.497 e. The molecule has 7 heterocycles. The number of benzene rings is 3. The number of anilines is 2. The Morgan fingerprint density at radius 2 is 1.34 bits per heavy atom. The van der Waals surface area contributed by atoms with Crippen molar-refractivity contribution in [2.24, 2.45) is 0 Å². The number of carbonyl (C=O) groups excluding carboxylic acids is 1. The van der Waals surface area contributed by atoms with Gasteiger partial charge in [0.1, 0.15) is 55.1 Å². The summed E-state index contributed by atoms with van der Waals surface area (Å²) in [6, 6.07) is 28.1. The molecule has 0 unspecified atom stereocenters. The van der Waals surface area contributed by atoms with Gasteiger partial charge in [-0.05, 0) is 102 Å². The molecule has 0 spiro atoms. The van der Waals surface area contributed by atoms with Gasteiger partial charge >= 0.3 is 6.09 Å². The van der Waals surface area contributed by atoms with E-state index in [1.54, 1.807) is 47.1 Å². The number of aryl methyl sites for hydroxylation is 2. The van der Waals surface area contributed by atoms with Gasteiger partial charge in [0, 0.05) is 83.0 Å². The van der Waals surface area contributed by atoms with Crippen molar-refractivity contribution < 1.29 is 23.7 Å². The number of pyridine rings is 2. The van der Waals surface area contributed by atoms with E-state index in [1.165, 1.54) is 37.0 Å². The van der Waals surface area contributed by atoms with Crippen LogP contribution in [0.5, 0.6) is 28.7 Å². The molecule has 0 radical (unpaired) electrons. The molecule has 9 aromatic rings. The fraction of sp³-hybridized carbons (Fsp3) is 0.339. The van der Waals surface area contributed by atoms with Gasteiger partial charge in [0.05, 0.1) is 13.7 Å². The highest BCUT2D eigenvalue weighted by molar-refractivity contribution is 7.15. The predicted octanol–water partition coefficient (Wildman–Crippen LogP) is 13.5. The van der Waals surface area contributed by atoms with Crippen molar-refractivity contribution in [1.82, 2.24) is 44.8 Å². The van der Waals surface area contributed by atoms with E-state index < -0.39 is 5.60 Å². The van der Waals surface area contributed by atoms with Crippen molar-refractivity contribution in [2.75, 3.05) is 30.8 Å². The molecule has 2 fully saturated rings. The molecule has 3 N–H and O–H groups in total. The molecule has 1 amide bonds. The molecule has 1 saturated carbocycles. The number of likely N-dealkylation sites (tertiary alicyclic amines) is 1. The highest BCUT2D eigenvalue weighted by Gasteiger charge is 2.29. The number of carbonyl (C=O) groups is 1. The zero-order valence-corrected chi connectivity index (χ0v) is 44.2. The van der Waals surface area contributed by atoms with Gasteiger partial charge in [-0.3, -0.25) is 5.10 Å². The van der Waals surface area contributed by atoms with Crippen molar-refractivity contribution >= 4 is 62.5 Å². The molecule has 1 aliphatic carbocycles. The first-order valence-corrected chi connectivity index (χ1v) is 26.8. The van der Waals surface area contributed by atoms with Gasteiger partial charge < -0.3 is 34.5 Å². The minimum absolute atomic E-state index is 0.0247. The summed E-state index contributed by atoms with van der Waals surface area (Å²) in [5.74, 6) is 5.11. The van der Waals surface area contributed by atoms with Crippen molar-refractivity contribution in [1.29, 1.82) is 0 Å². The first-order chi connectivity index (χ1) is 35.9. The maximum Gasteiger partial charge on any atom is 0.410 e. The molecular weight excluding hydrogens is 971 g/mol. The van der Waals surface area contributed by atoms with E-state index in [1.807, 2.05) is 124 Å². The number of H-pyrrole nitrogens is 1. The Kier molecular flexibility index (Phi) is 15.0. The van der Waals surface area contributed by atoms with Crippen LogP contribution in [0, 0.1) is 13.8 Å². The van der Waals surface area contributed by atoms with E-state index in [4.69, 9.17) is 29.0 Å². The third-order valence-corrected chi connectivity index (χ3v) is 14.7. The average Bonchev–Trinajstić information content (AvgIpc) is 4.22. The van der Waals surface area contributed by atoms with Crippen LogP contribution in [0.1, 0.15) is 81.0 Å². The molecule has 1 aliphatic heterocycles. The maximum absolute atomic E-state index is 12.9. The lowest BCUT2D eigenvalue weighted by molar-refractivity contribution is 0.0206. The Bertz CT molecular complexity index is 3350. The van der Waals surface area contributed by atoms with Gasteiger partial charge in [-0.1, -0.05) is 55.7 Å². The molecule has 0 bridgehead atoms. The lowest BCUT2D eigenvalue weighted by atomic mass is 9.95. The zero-order valence-electron chi connectivity index (χ0n) is 42.6. The zero-order chi connectivity index (χ0) is 51.2. The van der Waals surface area contributed by atoms with Crippen LogP contribution < -0.4 is 24.8 Å². The third-order valence-electron chi connectivity index (χ3n) is 12.7. The molecule has 1 atom stereocenters. The summed E-state index contributed by atoms with van der Waals surface area (Å²) in [6.07, 6.45) is 14.9. The van der Waals surface area contributed by atoms with E-state index >= 15 is 0 Å². The second-order valence-corrected chi connectivity index (χ2v) is 22.1. The molecular formula is C56H61N11O5S2. The molecule has 11 rings (SSSR count). The standard InChI is InChI=1S/C34H38N6O4S.C22H23N5OS/c1-22-19-36-32(45-22)24-8-6-10-27(18-24)43-28-15-16-35-31-29(28)30(38-40(31)20-23-11-13-26(42-5)14-12-23)37-25-9-7-17-39(21-25)33(41)44-34(2,3)4;1-14-13-24-22(29-14)15-6-5-9-17(12-15)28-18-10-11-23-20-19(18)21(27-26-20)25-16-7-3-2-4-8-16/h6,8,10-16,18-19,25H,7,9,17,20-21H2,1-5H3,(H,37,38);5-6,9-13,16H,2-4,7-8H2,1H3,(H2,23,25,26,27)/t25-;/m1./s1. The maximum atomic E-state index is 12.9. The van der Waals surface area contributed by atoms with Crippen LogP contribution in [0.3, 0.4) is 0 Å². The lowest BCUT2D eigenvalue weighted by Gasteiger charge is -2.34. The predicted molar refractivity (Wildman–Crippen MR) is 293 cm³/mol. The van der Waals surface area contributed by atoms with E-state index in [9.17, 15) is 4.79 Å². The van der Waals surface area contributed by atoms with E-state index in [0.717, 1.165) is 83.9 Å². The van der Waals surface area contributed by atoms with Crippen LogP contribution in [0.15, 0.2) is 110 Å². The molecule has 1 saturated heterocycles. The Labute approximate surface area is 438 Å². The number of aromatic amines is 1. The highest BCUT2D eigenvalue weighted by Crippen LogP contribution is 2.39. The van der Waals surface area contributed by atoms with Gasteiger partial charge in [-0.2, -0.15) is 10.2 Å². The highest BCUT2D eigenvalue weighted by atomic mass is 32.1. The van der Waals surface area contributed by atoms with Gasteiger partial charge in [0.2, 0.25) is 0 Å². The first kappa shape index (κ1) is 50.0. The molecule has 2 aliphatic rings. The number of aromatic nitrogens is 8. The van der Waals surface area contributed by atoms with E-state index in [2.05, 4.69) is 48.8 Å². The van der Waals surface area contributed by atoms with Crippen LogP contribution in [0.2, 0.25) is 0 Å². The fourth-order valence-electron chi connectivity index (χ4n) is 9.22. The SMILES string of the molecule is COc1ccc(Cn2nc(N[C@@H]3CCCN(C(=O)OC(C)(C)C)C3)c3c(Oc4cccc(-c5ncc(C)s5)c4)ccnc32)cc1.Cc1cnc(-c2cccc(Oc3ccnc4[nH]nc(NC5CCCCC5)c34)c2)s1. The van der Waals surface area contributed by atoms with E-state index in [0.29, 0.717) is 48.6 Å². The minimum atomic E-state index is -0.554. The number of nitrogens with one attached hydrogen (secondary N) is 3. The van der Waals surface area contributed by atoms with Crippen molar-refractivity contribution in [3.8, 4) is 49.9 Å². The summed E-state index contributed by atoms with van der Waals surface area (Å²) in [4.78, 5) is 35.2. The third kappa shape index (κ3) is 12.1. The number of rotatable bonds is 13. The Balaban J connectivity index is 0.000000185. The van der Waals surface area contributed by atoms with Crippen LogP contribution in [0.25, 0.3) is 43.2 Å². The summed E-state index contributed by atoms with van der Waals surface area (Å²) in [5.41, 5.74) is 3.97. The summed E-state index contributed by atoms with van der Waals surface area (Å²) in [5, 5.41) is 23.4. The fourth-order valence-corrected chi connectivity index (χ4v) is 10.7. The van der Waals surface area contributed by atoms with Crippen LogP contribution in [-0.2, 0) is 11.3 Å². The van der Waals surface area contributed by atoms with Gasteiger partial charge in [-0.25, -0.2) is 29.4 Å². The molecule has 3 aromatic carbocycles. The number of hydrogen-bond donors (Lipinski definition) is 3. The van der Waals surface area contributed by atoms with Gasteiger partial charge in [0.25, 0.3) is 0 Å². The Hall–Kier alpha value is -7.57. The van der Waals surface area contributed by atoms with Crippen molar-refractivity contribution in [2.45, 2.75) is 104 Å². The largest absolute Gasteiger partial charge is 0.497 e. The number of ether oxygens (including phenoxy) is 4. The Morgan fingerprint density at radius 1 is 0.716 bits per heavy atom. The summed E-state index contributed by atoms with van der Waals surface area (Å²) in [7, 11) is 1.66. The number of methoxy groups -OCH3 is 1. The number of fused-ring (bicyclic) bond motifs is 2. The van der Waals surface area contributed by atoms with Crippen molar-refractivity contribution in [3.05, 3.63) is 125 Å². The van der Waals surface area contributed by atoms with Crippen LogP contribution >= 0.6 is 22.7 Å². The Morgan fingerprint density at radius 3 is 1.96 bits per heavy atom. The summed E-state index contributed by atoms with van der Waals surface area (Å²) in [6.45, 7) is 11.4. The van der Waals surface area contributed by atoms with Crippen LogP contribution in [-0.4, -0.2) is 88.8 Å². The smallest absolute Gasteiger partial charge is 0.410 e. The molecule has 16 nitrogen and oxygen atoms in total. The second-order valence-electron chi connectivity index (χ2n) is 19.7. The molecule has 382 valence electrons. The number of nitrogens with zero attached hydrogens (tertiary/aromatic N) is 8. The molecule has 6 aromatic heterocycles. The second kappa shape index (κ2) is 22.3. The van der Waals surface area contributed by atoms with Gasteiger partial charge in [0.15, 0.2) is 22.9 Å². The van der Waals surface area contributed by atoms with E-state index in [-0.39, 0.29) is 12.1 Å². The summed E-state index contributed by atoms with van der Waals surface area (Å²) < 4.78 is 25.7. The average molecular weight is 1030 g/mol. The molecule has 74 heavy (non-hydrogen) atoms. The monoisotopic (exact) mass is 1030 g/mol.